The fourth-order valence-electron chi connectivity index (χ4n) is 2.83. The molecule has 0 spiro atoms. The van der Waals surface area contributed by atoms with Crippen LogP contribution in [0.25, 0.3) is 10.9 Å². The molecule has 28 heavy (non-hydrogen) atoms. The van der Waals surface area contributed by atoms with Gasteiger partial charge < -0.3 is 14.5 Å². The highest BCUT2D eigenvalue weighted by Gasteiger charge is 2.17. The molecule has 0 radical (unpaired) electrons. The molecule has 3 heterocycles. The quantitative estimate of drug-likeness (QED) is 0.555. The Hall–Kier alpha value is -3.68. The van der Waals surface area contributed by atoms with E-state index in [1.807, 2.05) is 50.5 Å². The Bertz CT molecular complexity index is 1110. The van der Waals surface area contributed by atoms with E-state index >= 15 is 0 Å². The van der Waals surface area contributed by atoms with Gasteiger partial charge in [0.05, 0.1) is 12.2 Å². The van der Waals surface area contributed by atoms with E-state index in [0.717, 1.165) is 16.5 Å². The molecule has 1 N–H and O–H groups in total. The smallest absolute Gasteiger partial charge is 0.273 e. The molecule has 1 atom stereocenters. The maximum absolute atomic E-state index is 12.4. The van der Waals surface area contributed by atoms with E-state index in [4.69, 9.17) is 9.15 Å². The lowest BCUT2D eigenvalue weighted by Crippen LogP contribution is -2.26. The number of para-hydroxylation sites is 1. The Kier molecular flexibility index (Phi) is 4.76. The summed E-state index contributed by atoms with van der Waals surface area (Å²) in [5, 5.41) is 7.96. The Labute approximate surface area is 161 Å². The van der Waals surface area contributed by atoms with Gasteiger partial charge in [-0.15, -0.1) is 0 Å². The number of rotatable bonds is 6. The standard InChI is InChI=1S/C20H19N5O3/c1-13(15-9-22-25(2)10-15)23-20(26)16-11-28-18(24-16)12-27-17-7-3-5-14-6-4-8-21-19(14)17/h3-11,13H,12H2,1-2H3,(H,23,26). The van der Waals surface area contributed by atoms with E-state index in [9.17, 15) is 4.79 Å². The third-order valence-corrected chi connectivity index (χ3v) is 4.30. The summed E-state index contributed by atoms with van der Waals surface area (Å²) in [5.74, 6) is 0.623. The molecule has 1 unspecified atom stereocenters. The van der Waals surface area contributed by atoms with Crippen molar-refractivity contribution in [3.05, 3.63) is 72.3 Å². The van der Waals surface area contributed by atoms with Gasteiger partial charge in [-0.25, -0.2) is 4.98 Å². The molecule has 1 aromatic carbocycles. The third-order valence-electron chi connectivity index (χ3n) is 4.30. The lowest BCUT2D eigenvalue weighted by molar-refractivity contribution is 0.0934. The van der Waals surface area contributed by atoms with Gasteiger partial charge in [-0.1, -0.05) is 18.2 Å². The molecule has 0 aliphatic carbocycles. The van der Waals surface area contributed by atoms with Crippen molar-refractivity contribution in [3.63, 3.8) is 0 Å². The van der Waals surface area contributed by atoms with Gasteiger partial charge in [0.15, 0.2) is 12.3 Å². The first-order chi connectivity index (χ1) is 13.6. The van der Waals surface area contributed by atoms with Crippen molar-refractivity contribution in [3.8, 4) is 5.75 Å². The van der Waals surface area contributed by atoms with E-state index in [-0.39, 0.29) is 24.2 Å². The monoisotopic (exact) mass is 377 g/mol. The lowest BCUT2D eigenvalue weighted by Gasteiger charge is -2.10. The molecule has 0 aliphatic rings. The number of pyridine rings is 1. The first kappa shape index (κ1) is 17.7. The molecule has 0 bridgehead atoms. The van der Waals surface area contributed by atoms with Gasteiger partial charge in [0.2, 0.25) is 5.89 Å². The number of hydrogen-bond acceptors (Lipinski definition) is 6. The number of nitrogens with one attached hydrogen (secondary N) is 1. The number of aromatic nitrogens is 4. The molecule has 0 fully saturated rings. The molecule has 142 valence electrons. The van der Waals surface area contributed by atoms with Gasteiger partial charge in [-0.3, -0.25) is 14.5 Å². The minimum atomic E-state index is -0.321. The van der Waals surface area contributed by atoms with Crippen molar-refractivity contribution in [1.29, 1.82) is 0 Å². The van der Waals surface area contributed by atoms with Crippen LogP contribution in [0.3, 0.4) is 0 Å². The Morgan fingerprint density at radius 2 is 2.18 bits per heavy atom. The van der Waals surface area contributed by atoms with Crippen LogP contribution in [0.5, 0.6) is 5.75 Å². The fraction of sp³-hybridized carbons (Fsp3) is 0.200. The predicted molar refractivity (Wildman–Crippen MR) is 102 cm³/mol. The average molecular weight is 377 g/mol. The number of fused-ring (bicyclic) bond motifs is 1. The molecule has 4 rings (SSSR count). The molecule has 4 aromatic rings. The zero-order valence-electron chi connectivity index (χ0n) is 15.5. The fourth-order valence-corrected chi connectivity index (χ4v) is 2.83. The summed E-state index contributed by atoms with van der Waals surface area (Å²) < 4.78 is 12.9. The second kappa shape index (κ2) is 7.51. The summed E-state index contributed by atoms with van der Waals surface area (Å²) in [6.07, 6.45) is 6.61. The SMILES string of the molecule is CC(NC(=O)c1coc(COc2cccc3cccnc23)n1)c1cnn(C)c1. The second-order valence-electron chi connectivity index (χ2n) is 6.39. The first-order valence-corrected chi connectivity index (χ1v) is 8.80. The highest BCUT2D eigenvalue weighted by molar-refractivity contribution is 5.92. The van der Waals surface area contributed by atoms with Crippen LogP contribution >= 0.6 is 0 Å². The Balaban J connectivity index is 1.40. The highest BCUT2D eigenvalue weighted by Crippen LogP contribution is 2.23. The van der Waals surface area contributed by atoms with E-state index in [1.54, 1.807) is 17.1 Å². The largest absolute Gasteiger partial charge is 0.482 e. The molecule has 0 saturated heterocycles. The van der Waals surface area contributed by atoms with Crippen molar-refractivity contribution in [1.82, 2.24) is 25.1 Å². The summed E-state index contributed by atoms with van der Waals surface area (Å²) in [5.41, 5.74) is 1.87. The summed E-state index contributed by atoms with van der Waals surface area (Å²) in [4.78, 5) is 20.9. The molecule has 1 amide bonds. The lowest BCUT2D eigenvalue weighted by atomic mass is 10.2. The second-order valence-corrected chi connectivity index (χ2v) is 6.39. The van der Waals surface area contributed by atoms with Gasteiger partial charge in [-0.05, 0) is 19.1 Å². The molecule has 0 saturated carbocycles. The summed E-state index contributed by atoms with van der Waals surface area (Å²) in [7, 11) is 1.83. The zero-order chi connectivity index (χ0) is 19.5. The number of nitrogens with zero attached hydrogens (tertiary/aromatic N) is 4. The average Bonchev–Trinajstić information content (AvgIpc) is 3.35. The van der Waals surface area contributed by atoms with E-state index in [2.05, 4.69) is 20.4 Å². The van der Waals surface area contributed by atoms with Gasteiger partial charge in [0.25, 0.3) is 5.91 Å². The van der Waals surface area contributed by atoms with Crippen LogP contribution in [-0.4, -0.2) is 25.7 Å². The van der Waals surface area contributed by atoms with Gasteiger partial charge in [0, 0.05) is 30.4 Å². The van der Waals surface area contributed by atoms with Crippen molar-refractivity contribution >= 4 is 16.8 Å². The molecule has 8 nitrogen and oxygen atoms in total. The van der Waals surface area contributed by atoms with Crippen LogP contribution in [0.4, 0.5) is 0 Å². The number of hydrogen-bond donors (Lipinski definition) is 1. The van der Waals surface area contributed by atoms with Crippen LogP contribution in [0.1, 0.15) is 34.9 Å². The van der Waals surface area contributed by atoms with E-state index in [1.165, 1.54) is 6.26 Å². The molecular weight excluding hydrogens is 358 g/mol. The third kappa shape index (κ3) is 3.71. The number of ether oxygens (including phenoxy) is 1. The van der Waals surface area contributed by atoms with Gasteiger partial charge in [0.1, 0.15) is 17.5 Å². The minimum Gasteiger partial charge on any atom is -0.482 e. The van der Waals surface area contributed by atoms with Crippen molar-refractivity contribution in [2.45, 2.75) is 19.6 Å². The minimum absolute atomic E-state index is 0.0983. The topological polar surface area (TPSA) is 95.1 Å². The Morgan fingerprint density at radius 3 is 3.00 bits per heavy atom. The Morgan fingerprint density at radius 1 is 1.32 bits per heavy atom. The molecular formula is C20H19N5O3. The summed E-state index contributed by atoms with van der Waals surface area (Å²) in [6, 6.07) is 9.34. The number of benzene rings is 1. The molecule has 0 aliphatic heterocycles. The van der Waals surface area contributed by atoms with E-state index in [0.29, 0.717) is 11.6 Å². The maximum atomic E-state index is 12.4. The predicted octanol–water partition coefficient (Wildman–Crippen LogP) is 3.03. The first-order valence-electron chi connectivity index (χ1n) is 8.80. The number of carbonyl (C=O) groups excluding carboxylic acids is 1. The van der Waals surface area contributed by atoms with Crippen LogP contribution in [0, 0.1) is 0 Å². The van der Waals surface area contributed by atoms with E-state index < -0.39 is 0 Å². The molecule has 3 aromatic heterocycles. The van der Waals surface area contributed by atoms with Gasteiger partial charge >= 0.3 is 0 Å². The number of aryl methyl sites for hydroxylation is 1. The maximum Gasteiger partial charge on any atom is 0.273 e. The van der Waals surface area contributed by atoms with Gasteiger partial charge in [-0.2, -0.15) is 5.10 Å². The normalized spacial score (nSPS) is 12.1. The number of amides is 1. The van der Waals surface area contributed by atoms with Crippen LogP contribution in [0.2, 0.25) is 0 Å². The van der Waals surface area contributed by atoms with Crippen LogP contribution < -0.4 is 10.1 Å². The zero-order valence-corrected chi connectivity index (χ0v) is 15.5. The summed E-state index contributed by atoms with van der Waals surface area (Å²) in [6.45, 7) is 1.98. The van der Waals surface area contributed by atoms with Crippen molar-refractivity contribution in [2.75, 3.05) is 0 Å². The number of carbonyl (C=O) groups is 1. The molecule has 8 heteroatoms. The van der Waals surface area contributed by atoms with Crippen molar-refractivity contribution in [2.24, 2.45) is 7.05 Å². The van der Waals surface area contributed by atoms with Crippen LogP contribution in [-0.2, 0) is 13.7 Å². The highest BCUT2D eigenvalue weighted by atomic mass is 16.5. The van der Waals surface area contributed by atoms with Crippen molar-refractivity contribution < 1.29 is 13.9 Å². The van der Waals surface area contributed by atoms with Crippen LogP contribution in [0.15, 0.2) is 59.6 Å². The summed E-state index contributed by atoms with van der Waals surface area (Å²) >= 11 is 0. The number of oxazole rings is 1.